The highest BCUT2D eigenvalue weighted by Gasteiger charge is 2.30. The van der Waals surface area contributed by atoms with Crippen molar-refractivity contribution >= 4 is 23.8 Å². The van der Waals surface area contributed by atoms with Crippen molar-refractivity contribution in [2.45, 2.75) is 26.9 Å². The van der Waals surface area contributed by atoms with Gasteiger partial charge in [-0.3, -0.25) is 4.79 Å². The molecule has 0 atom stereocenters. The Morgan fingerprint density at radius 1 is 1.09 bits per heavy atom. The molecule has 0 bridgehead atoms. The summed E-state index contributed by atoms with van der Waals surface area (Å²) in [5.41, 5.74) is 5.60. The number of halogens is 3. The number of hydrogen-bond acceptors (Lipinski definition) is 5. The minimum absolute atomic E-state index is 0.177. The molecule has 1 aromatic heterocycles. The van der Waals surface area contributed by atoms with Gasteiger partial charge in [0, 0.05) is 28.3 Å². The lowest BCUT2D eigenvalue weighted by molar-refractivity contribution is -0.137. The maximum Gasteiger partial charge on any atom is 0.416 e. The van der Waals surface area contributed by atoms with E-state index in [4.69, 9.17) is 4.74 Å². The quantitative estimate of drug-likeness (QED) is 0.271. The fourth-order valence-electron chi connectivity index (χ4n) is 3.48. The van der Waals surface area contributed by atoms with Gasteiger partial charge in [0.2, 0.25) is 0 Å². The number of alkyl halides is 3. The van der Waals surface area contributed by atoms with E-state index in [2.05, 4.69) is 15.8 Å². The lowest BCUT2D eigenvalue weighted by atomic mass is 10.2. The van der Waals surface area contributed by atoms with Crippen LogP contribution < -0.4 is 10.7 Å². The maximum atomic E-state index is 12.8. The third-order valence-corrected chi connectivity index (χ3v) is 5.14. The Morgan fingerprint density at radius 2 is 1.80 bits per heavy atom. The van der Waals surface area contributed by atoms with Crippen molar-refractivity contribution in [1.82, 2.24) is 9.99 Å². The van der Waals surface area contributed by atoms with Crippen molar-refractivity contribution in [2.24, 2.45) is 5.10 Å². The zero-order chi connectivity index (χ0) is 25.6. The molecular formula is C25H25F3N4O3. The number of esters is 1. The van der Waals surface area contributed by atoms with Crippen LogP contribution in [0.2, 0.25) is 0 Å². The topological polar surface area (TPSA) is 84.7 Å². The lowest BCUT2D eigenvalue weighted by Crippen LogP contribution is -2.26. The van der Waals surface area contributed by atoms with Crippen LogP contribution in [0.5, 0.6) is 0 Å². The van der Waals surface area contributed by atoms with Crippen LogP contribution in [0.25, 0.3) is 5.69 Å². The summed E-state index contributed by atoms with van der Waals surface area (Å²) < 4.78 is 45.4. The molecule has 0 unspecified atom stereocenters. The third kappa shape index (κ3) is 6.50. The normalized spacial score (nSPS) is 11.5. The fourth-order valence-corrected chi connectivity index (χ4v) is 3.48. The first-order valence-electron chi connectivity index (χ1n) is 10.8. The van der Waals surface area contributed by atoms with Crippen LogP contribution in [-0.4, -0.2) is 35.8 Å². The smallest absolute Gasteiger partial charge is 0.416 e. The third-order valence-electron chi connectivity index (χ3n) is 5.14. The Balaban J connectivity index is 1.62. The monoisotopic (exact) mass is 486 g/mol. The minimum atomic E-state index is -4.46. The SMILES string of the molecule is CCOC(=O)c1ccc(-n2c(C)cc(/C=N\NC(=O)CNc3cccc(C(F)(F)F)c3)c2C)cc1. The molecule has 1 heterocycles. The van der Waals surface area contributed by atoms with Gasteiger partial charge in [-0.25, -0.2) is 10.2 Å². The van der Waals surface area contributed by atoms with Gasteiger partial charge in [-0.2, -0.15) is 18.3 Å². The second-order valence-electron chi connectivity index (χ2n) is 7.65. The second kappa shape index (κ2) is 10.9. The number of aryl methyl sites for hydroxylation is 1. The number of carbonyl (C=O) groups excluding carboxylic acids is 2. The Kier molecular flexibility index (Phi) is 7.95. The molecule has 0 fully saturated rings. The summed E-state index contributed by atoms with van der Waals surface area (Å²) in [5.74, 6) is -0.895. The van der Waals surface area contributed by atoms with E-state index in [9.17, 15) is 22.8 Å². The number of hydrazone groups is 1. The molecular weight excluding hydrogens is 461 g/mol. The highest BCUT2D eigenvalue weighted by atomic mass is 19.4. The van der Waals surface area contributed by atoms with Gasteiger partial charge in [-0.1, -0.05) is 6.07 Å². The van der Waals surface area contributed by atoms with Crippen molar-refractivity contribution in [3.05, 3.63) is 82.7 Å². The molecule has 2 aromatic carbocycles. The van der Waals surface area contributed by atoms with Gasteiger partial charge in [0.25, 0.3) is 5.91 Å². The highest BCUT2D eigenvalue weighted by molar-refractivity contribution is 5.89. The number of carbonyl (C=O) groups is 2. The van der Waals surface area contributed by atoms with E-state index in [1.165, 1.54) is 18.3 Å². The summed E-state index contributed by atoms with van der Waals surface area (Å²) in [7, 11) is 0. The van der Waals surface area contributed by atoms with Crippen molar-refractivity contribution in [2.75, 3.05) is 18.5 Å². The van der Waals surface area contributed by atoms with Gasteiger partial charge in [0.05, 0.1) is 30.5 Å². The largest absolute Gasteiger partial charge is 0.462 e. The molecule has 0 saturated carbocycles. The second-order valence-corrected chi connectivity index (χ2v) is 7.65. The Morgan fingerprint density at radius 3 is 2.46 bits per heavy atom. The molecule has 0 aliphatic heterocycles. The molecule has 10 heteroatoms. The van der Waals surface area contributed by atoms with Gasteiger partial charge in [0.15, 0.2) is 0 Å². The molecule has 3 rings (SSSR count). The predicted octanol–water partition coefficient (Wildman–Crippen LogP) is 4.85. The number of aromatic nitrogens is 1. The molecule has 0 aliphatic carbocycles. The maximum absolute atomic E-state index is 12.8. The summed E-state index contributed by atoms with van der Waals surface area (Å²) >= 11 is 0. The Hall–Kier alpha value is -4.08. The molecule has 2 N–H and O–H groups in total. The predicted molar refractivity (Wildman–Crippen MR) is 127 cm³/mol. The average molecular weight is 486 g/mol. The molecule has 0 saturated heterocycles. The summed E-state index contributed by atoms with van der Waals surface area (Å²) in [6, 6.07) is 13.5. The zero-order valence-corrected chi connectivity index (χ0v) is 19.4. The fraction of sp³-hybridized carbons (Fsp3) is 0.240. The first-order chi connectivity index (χ1) is 16.6. The van der Waals surface area contributed by atoms with Crippen molar-refractivity contribution in [3.8, 4) is 5.69 Å². The van der Waals surface area contributed by atoms with E-state index < -0.39 is 17.6 Å². The molecule has 0 spiro atoms. The standard InChI is InChI=1S/C25H25F3N4O3/c1-4-35-24(34)18-8-10-22(11-9-18)32-16(2)12-19(17(32)3)14-30-31-23(33)15-29-21-7-5-6-20(13-21)25(26,27)28/h5-14,29H,4,15H2,1-3H3,(H,31,33)/b30-14-. The zero-order valence-electron chi connectivity index (χ0n) is 19.4. The molecule has 35 heavy (non-hydrogen) atoms. The van der Waals surface area contributed by atoms with Gasteiger partial charge < -0.3 is 14.6 Å². The number of benzene rings is 2. The number of anilines is 1. The summed E-state index contributed by atoms with van der Waals surface area (Å²) in [4.78, 5) is 23.9. The number of hydrogen-bond donors (Lipinski definition) is 2. The lowest BCUT2D eigenvalue weighted by Gasteiger charge is -2.10. The van der Waals surface area contributed by atoms with Gasteiger partial charge in [0.1, 0.15) is 0 Å². The van der Waals surface area contributed by atoms with E-state index >= 15 is 0 Å². The Bertz CT molecular complexity index is 1230. The average Bonchev–Trinajstić information content (AvgIpc) is 3.10. The summed E-state index contributed by atoms with van der Waals surface area (Å²) in [6.45, 7) is 5.62. The molecule has 0 aliphatic rings. The van der Waals surface area contributed by atoms with Gasteiger partial charge in [-0.05, 0) is 69.3 Å². The van der Waals surface area contributed by atoms with Crippen LogP contribution >= 0.6 is 0 Å². The number of amides is 1. The number of nitrogens with one attached hydrogen (secondary N) is 2. The Labute approximate surface area is 200 Å². The number of nitrogens with zero attached hydrogens (tertiary/aromatic N) is 2. The number of ether oxygens (including phenoxy) is 1. The van der Waals surface area contributed by atoms with E-state index in [0.717, 1.165) is 34.8 Å². The first-order valence-corrected chi connectivity index (χ1v) is 10.8. The van der Waals surface area contributed by atoms with E-state index in [1.54, 1.807) is 19.1 Å². The van der Waals surface area contributed by atoms with Crippen LogP contribution in [0.15, 0.2) is 59.7 Å². The highest BCUT2D eigenvalue weighted by Crippen LogP contribution is 2.30. The minimum Gasteiger partial charge on any atom is -0.462 e. The van der Waals surface area contributed by atoms with E-state index in [-0.39, 0.29) is 18.2 Å². The van der Waals surface area contributed by atoms with E-state index in [1.807, 2.05) is 36.6 Å². The van der Waals surface area contributed by atoms with Crippen LogP contribution in [0.1, 0.15) is 39.8 Å². The van der Waals surface area contributed by atoms with Gasteiger partial charge in [-0.15, -0.1) is 0 Å². The van der Waals surface area contributed by atoms with Crippen LogP contribution in [0, 0.1) is 13.8 Å². The van der Waals surface area contributed by atoms with Crippen molar-refractivity contribution < 1.29 is 27.5 Å². The van der Waals surface area contributed by atoms with Crippen molar-refractivity contribution in [3.63, 3.8) is 0 Å². The molecule has 184 valence electrons. The first kappa shape index (κ1) is 25.5. The van der Waals surface area contributed by atoms with Crippen LogP contribution in [-0.2, 0) is 15.7 Å². The summed E-state index contributed by atoms with van der Waals surface area (Å²) in [6.07, 6.45) is -2.96. The number of rotatable bonds is 8. The van der Waals surface area contributed by atoms with Crippen LogP contribution in [0.3, 0.4) is 0 Å². The molecule has 0 radical (unpaired) electrons. The summed E-state index contributed by atoms with van der Waals surface area (Å²) in [5, 5.41) is 6.61. The van der Waals surface area contributed by atoms with E-state index in [0.29, 0.717) is 12.2 Å². The molecule has 1 amide bonds. The molecule has 3 aromatic rings. The van der Waals surface area contributed by atoms with Crippen LogP contribution in [0.4, 0.5) is 18.9 Å². The van der Waals surface area contributed by atoms with Gasteiger partial charge >= 0.3 is 12.1 Å². The molecule has 7 nitrogen and oxygen atoms in total. The van der Waals surface area contributed by atoms with Crippen molar-refractivity contribution in [1.29, 1.82) is 0 Å².